The number of aryl methyl sites for hydroxylation is 1. The molecule has 0 fully saturated rings. The number of carbonyl (C=O) groups excluding carboxylic acids is 1. The van der Waals surface area contributed by atoms with E-state index in [2.05, 4.69) is 20.8 Å². The van der Waals surface area contributed by atoms with E-state index < -0.39 is 17.7 Å². The standard InChI is InChI=1S/C29H39NO4/c1-17-10-12-20(13-11-17)24-18(2)21-15-30(23(31)14-28(4,5)6)16-22(21)19(3)25(24)26(27(32)33)34-29(7,8)9/h10-13,26H,14-16H2,1-9H3,(H,32,33). The third-order valence-corrected chi connectivity index (χ3v) is 6.35. The smallest absolute Gasteiger partial charge is 0.337 e. The Kier molecular flexibility index (Phi) is 7.01. The summed E-state index contributed by atoms with van der Waals surface area (Å²) in [5.41, 5.74) is 7.06. The molecule has 1 aliphatic rings. The highest BCUT2D eigenvalue weighted by Crippen LogP contribution is 2.44. The molecule has 0 bridgehead atoms. The number of carboxylic acid groups (broad SMARTS) is 1. The molecule has 5 nitrogen and oxygen atoms in total. The Labute approximate surface area is 204 Å². The number of hydrogen-bond acceptors (Lipinski definition) is 3. The van der Waals surface area contributed by atoms with Gasteiger partial charge >= 0.3 is 5.97 Å². The molecule has 0 saturated heterocycles. The molecule has 0 aromatic heterocycles. The summed E-state index contributed by atoms with van der Waals surface area (Å²) in [6.45, 7) is 18.9. The summed E-state index contributed by atoms with van der Waals surface area (Å²) >= 11 is 0. The van der Waals surface area contributed by atoms with Crippen LogP contribution in [0.25, 0.3) is 11.1 Å². The summed E-state index contributed by atoms with van der Waals surface area (Å²) in [7, 11) is 0. The molecule has 2 aromatic carbocycles. The van der Waals surface area contributed by atoms with Crippen molar-refractivity contribution in [3.8, 4) is 11.1 Å². The highest BCUT2D eigenvalue weighted by atomic mass is 16.5. The van der Waals surface area contributed by atoms with Gasteiger partial charge in [-0.1, -0.05) is 50.6 Å². The zero-order chi connectivity index (χ0) is 25.6. The van der Waals surface area contributed by atoms with Gasteiger partial charge in [-0.05, 0) is 80.3 Å². The molecule has 184 valence electrons. The number of hydrogen-bond donors (Lipinski definition) is 1. The van der Waals surface area contributed by atoms with Crippen molar-refractivity contribution in [2.45, 2.75) is 93.5 Å². The second-order valence-corrected chi connectivity index (χ2v) is 11.8. The summed E-state index contributed by atoms with van der Waals surface area (Å²) in [4.78, 5) is 27.5. The lowest BCUT2D eigenvalue weighted by Gasteiger charge is -2.29. The third-order valence-electron chi connectivity index (χ3n) is 6.35. The van der Waals surface area contributed by atoms with Crippen molar-refractivity contribution in [1.82, 2.24) is 4.90 Å². The lowest BCUT2D eigenvalue weighted by atomic mass is 9.83. The SMILES string of the molecule is Cc1ccc(-c2c(C)c3c(c(C)c2C(OC(C)(C)C)C(=O)O)CN(C(=O)CC(C)(C)C)C3)cc1. The summed E-state index contributed by atoms with van der Waals surface area (Å²) in [5.74, 6) is -0.883. The summed E-state index contributed by atoms with van der Waals surface area (Å²) in [5, 5.41) is 10.2. The molecule has 34 heavy (non-hydrogen) atoms. The van der Waals surface area contributed by atoms with Crippen molar-refractivity contribution in [2.24, 2.45) is 5.41 Å². The minimum atomic E-state index is -1.11. The number of amides is 1. The first-order chi connectivity index (χ1) is 15.6. The third kappa shape index (κ3) is 5.52. The first-order valence-electron chi connectivity index (χ1n) is 12.0. The van der Waals surface area contributed by atoms with Crippen LogP contribution in [0, 0.1) is 26.2 Å². The van der Waals surface area contributed by atoms with Crippen LogP contribution in [0.5, 0.6) is 0 Å². The second kappa shape index (κ2) is 9.18. The monoisotopic (exact) mass is 465 g/mol. The van der Waals surface area contributed by atoms with E-state index in [0.717, 1.165) is 38.9 Å². The predicted octanol–water partition coefficient (Wildman–Crippen LogP) is 6.50. The molecule has 1 atom stereocenters. The maximum atomic E-state index is 13.1. The molecule has 3 rings (SSSR count). The first-order valence-corrected chi connectivity index (χ1v) is 12.0. The molecule has 5 heteroatoms. The van der Waals surface area contributed by atoms with Gasteiger partial charge in [0.15, 0.2) is 6.10 Å². The summed E-state index contributed by atoms with van der Waals surface area (Å²) in [6.07, 6.45) is -0.638. The summed E-state index contributed by atoms with van der Waals surface area (Å²) < 4.78 is 6.13. The molecule has 0 spiro atoms. The van der Waals surface area contributed by atoms with Gasteiger partial charge in [0.25, 0.3) is 0 Å². The number of rotatable bonds is 5. The predicted molar refractivity (Wildman–Crippen MR) is 136 cm³/mol. The Morgan fingerprint density at radius 1 is 0.941 bits per heavy atom. The van der Waals surface area contributed by atoms with Gasteiger partial charge in [-0.3, -0.25) is 4.79 Å². The van der Waals surface area contributed by atoms with Crippen LogP contribution in [0.3, 0.4) is 0 Å². The molecule has 1 heterocycles. The van der Waals surface area contributed by atoms with Gasteiger partial charge in [-0.15, -0.1) is 0 Å². The zero-order valence-corrected chi connectivity index (χ0v) is 22.1. The molecule has 0 saturated carbocycles. The van der Waals surface area contributed by atoms with E-state index in [4.69, 9.17) is 4.74 Å². The fraction of sp³-hybridized carbons (Fsp3) is 0.517. The van der Waals surface area contributed by atoms with Crippen molar-refractivity contribution >= 4 is 11.9 Å². The van der Waals surface area contributed by atoms with Crippen LogP contribution in [0.15, 0.2) is 24.3 Å². The van der Waals surface area contributed by atoms with Crippen molar-refractivity contribution in [3.63, 3.8) is 0 Å². The van der Waals surface area contributed by atoms with E-state index in [0.29, 0.717) is 25.1 Å². The van der Waals surface area contributed by atoms with E-state index in [1.807, 2.05) is 70.7 Å². The number of benzene rings is 2. The average Bonchev–Trinajstić information content (AvgIpc) is 3.14. The van der Waals surface area contributed by atoms with Gasteiger partial charge in [-0.2, -0.15) is 0 Å². The Bertz CT molecular complexity index is 1100. The topological polar surface area (TPSA) is 66.8 Å². The van der Waals surface area contributed by atoms with E-state index in [9.17, 15) is 14.7 Å². The Morgan fingerprint density at radius 3 is 1.94 bits per heavy atom. The lowest BCUT2D eigenvalue weighted by Crippen LogP contribution is -2.29. The Hall–Kier alpha value is -2.66. The van der Waals surface area contributed by atoms with Crippen molar-refractivity contribution in [2.75, 3.05) is 0 Å². The lowest BCUT2D eigenvalue weighted by molar-refractivity contribution is -0.160. The van der Waals surface area contributed by atoms with Crippen LogP contribution < -0.4 is 0 Å². The fourth-order valence-corrected chi connectivity index (χ4v) is 4.77. The van der Waals surface area contributed by atoms with Gasteiger partial charge in [0, 0.05) is 25.1 Å². The van der Waals surface area contributed by atoms with Gasteiger partial charge in [0.1, 0.15) is 0 Å². The molecule has 2 aromatic rings. The highest BCUT2D eigenvalue weighted by molar-refractivity contribution is 5.85. The van der Waals surface area contributed by atoms with Crippen LogP contribution in [0.2, 0.25) is 0 Å². The minimum absolute atomic E-state index is 0.0941. The summed E-state index contributed by atoms with van der Waals surface area (Å²) in [6, 6.07) is 8.17. The maximum Gasteiger partial charge on any atom is 0.337 e. The van der Waals surface area contributed by atoms with Gasteiger partial charge in [0.2, 0.25) is 5.91 Å². The van der Waals surface area contributed by atoms with Crippen LogP contribution in [0.4, 0.5) is 0 Å². The number of nitrogens with zero attached hydrogens (tertiary/aromatic N) is 1. The van der Waals surface area contributed by atoms with E-state index in [-0.39, 0.29) is 11.3 Å². The number of fused-ring (bicyclic) bond motifs is 1. The minimum Gasteiger partial charge on any atom is -0.479 e. The second-order valence-electron chi connectivity index (χ2n) is 11.8. The van der Waals surface area contributed by atoms with Gasteiger partial charge in [-0.25, -0.2) is 4.79 Å². The van der Waals surface area contributed by atoms with E-state index in [1.54, 1.807) is 0 Å². The number of carbonyl (C=O) groups is 2. The normalized spacial score (nSPS) is 14.8. The van der Waals surface area contributed by atoms with E-state index in [1.165, 1.54) is 0 Å². The number of ether oxygens (including phenoxy) is 1. The van der Waals surface area contributed by atoms with Crippen molar-refractivity contribution in [1.29, 1.82) is 0 Å². The fourth-order valence-electron chi connectivity index (χ4n) is 4.77. The quantitative estimate of drug-likeness (QED) is 0.547. The van der Waals surface area contributed by atoms with Crippen LogP contribution in [-0.4, -0.2) is 27.5 Å². The Morgan fingerprint density at radius 2 is 1.47 bits per heavy atom. The van der Waals surface area contributed by atoms with Crippen LogP contribution in [0.1, 0.15) is 87.4 Å². The number of aliphatic carboxylic acids is 1. The van der Waals surface area contributed by atoms with Gasteiger partial charge in [0.05, 0.1) is 5.60 Å². The molecule has 1 amide bonds. The molecule has 1 unspecified atom stereocenters. The van der Waals surface area contributed by atoms with E-state index >= 15 is 0 Å². The Balaban J connectivity index is 2.23. The largest absolute Gasteiger partial charge is 0.479 e. The van der Waals surface area contributed by atoms with Crippen molar-refractivity contribution < 1.29 is 19.4 Å². The molecule has 0 radical (unpaired) electrons. The molecule has 1 aliphatic heterocycles. The van der Waals surface area contributed by atoms with Crippen molar-refractivity contribution in [3.05, 3.63) is 57.6 Å². The average molecular weight is 466 g/mol. The first kappa shape index (κ1) is 26.0. The van der Waals surface area contributed by atoms with Crippen LogP contribution >= 0.6 is 0 Å². The number of carboxylic acids is 1. The molecular formula is C29H39NO4. The molecule has 1 N–H and O–H groups in total. The molecular weight excluding hydrogens is 426 g/mol. The van der Waals surface area contributed by atoms with Crippen LogP contribution in [-0.2, 0) is 27.4 Å². The highest BCUT2D eigenvalue weighted by Gasteiger charge is 2.36. The maximum absolute atomic E-state index is 13.1. The van der Waals surface area contributed by atoms with Gasteiger partial charge < -0.3 is 14.7 Å². The molecule has 0 aliphatic carbocycles. The zero-order valence-electron chi connectivity index (χ0n) is 22.1.